The van der Waals surface area contributed by atoms with Crippen LogP contribution in [0.25, 0.3) is 10.9 Å². The molecule has 0 aliphatic carbocycles. The van der Waals surface area contributed by atoms with Crippen molar-refractivity contribution in [2.75, 3.05) is 13.2 Å². The molecule has 0 amide bonds. The average molecular weight is 277 g/mol. The highest BCUT2D eigenvalue weighted by Gasteiger charge is 2.16. The number of H-pyrrole nitrogens is 1. The summed E-state index contributed by atoms with van der Waals surface area (Å²) in [7, 11) is 0. The molecule has 0 bridgehead atoms. The molecule has 0 unspecified atom stereocenters. The standard InChI is InChI=1S/C16H24N2O2/c1-11-8-13-14(18-11)6-5-7-15(13)20-10-12(19)9-17-16(2,3)4/h5-8,12,17-19H,9-10H2,1-4H3/p+1/t12-/m0/s1. The van der Waals surface area contributed by atoms with Gasteiger partial charge in [0.25, 0.3) is 0 Å². The zero-order valence-electron chi connectivity index (χ0n) is 12.7. The smallest absolute Gasteiger partial charge is 0.137 e. The van der Waals surface area contributed by atoms with E-state index < -0.39 is 6.10 Å². The Morgan fingerprint density at radius 1 is 1.35 bits per heavy atom. The fourth-order valence-corrected chi connectivity index (χ4v) is 2.14. The summed E-state index contributed by atoms with van der Waals surface area (Å²) in [6.07, 6.45) is -0.468. The molecule has 0 spiro atoms. The number of fused-ring (bicyclic) bond motifs is 1. The highest BCUT2D eigenvalue weighted by atomic mass is 16.5. The number of aliphatic hydroxyl groups is 1. The van der Waals surface area contributed by atoms with Gasteiger partial charge in [-0.05, 0) is 45.9 Å². The first kappa shape index (κ1) is 14.9. The van der Waals surface area contributed by atoms with Gasteiger partial charge in [-0.3, -0.25) is 0 Å². The van der Waals surface area contributed by atoms with Gasteiger partial charge in [0.2, 0.25) is 0 Å². The number of rotatable bonds is 5. The van der Waals surface area contributed by atoms with E-state index in [-0.39, 0.29) is 5.54 Å². The number of aromatic amines is 1. The molecule has 0 saturated carbocycles. The van der Waals surface area contributed by atoms with E-state index in [1.54, 1.807) is 0 Å². The summed E-state index contributed by atoms with van der Waals surface area (Å²) in [6, 6.07) is 7.99. The van der Waals surface area contributed by atoms with E-state index in [9.17, 15) is 5.11 Å². The second kappa shape index (κ2) is 5.85. The third-order valence-electron chi connectivity index (χ3n) is 3.19. The van der Waals surface area contributed by atoms with Crippen molar-refractivity contribution in [1.29, 1.82) is 0 Å². The van der Waals surface area contributed by atoms with Crippen LogP contribution in [0.15, 0.2) is 24.3 Å². The monoisotopic (exact) mass is 277 g/mol. The van der Waals surface area contributed by atoms with Gasteiger partial charge in [0.15, 0.2) is 0 Å². The van der Waals surface area contributed by atoms with Crippen LogP contribution in [-0.2, 0) is 0 Å². The summed E-state index contributed by atoms with van der Waals surface area (Å²) in [5.41, 5.74) is 2.30. The highest BCUT2D eigenvalue weighted by molar-refractivity contribution is 5.86. The predicted octanol–water partition coefficient (Wildman–Crippen LogP) is 1.58. The number of quaternary nitrogens is 1. The van der Waals surface area contributed by atoms with Crippen molar-refractivity contribution in [2.45, 2.75) is 39.3 Å². The quantitative estimate of drug-likeness (QED) is 0.777. The number of nitrogens with one attached hydrogen (secondary N) is 1. The van der Waals surface area contributed by atoms with Crippen molar-refractivity contribution in [3.8, 4) is 5.75 Å². The van der Waals surface area contributed by atoms with Gasteiger partial charge in [-0.2, -0.15) is 0 Å². The predicted molar refractivity (Wildman–Crippen MR) is 81.1 cm³/mol. The Balaban J connectivity index is 1.95. The minimum absolute atomic E-state index is 0.124. The molecule has 0 aliphatic heterocycles. The summed E-state index contributed by atoms with van der Waals surface area (Å²) in [4.78, 5) is 3.28. The van der Waals surface area contributed by atoms with Gasteiger partial charge < -0.3 is 20.1 Å². The van der Waals surface area contributed by atoms with Crippen LogP contribution in [0.1, 0.15) is 26.5 Å². The Labute approximate surface area is 120 Å². The molecule has 110 valence electrons. The fourth-order valence-electron chi connectivity index (χ4n) is 2.14. The lowest BCUT2D eigenvalue weighted by atomic mass is 10.1. The largest absolute Gasteiger partial charge is 0.490 e. The molecular weight excluding hydrogens is 252 g/mol. The second-order valence-electron chi connectivity index (χ2n) is 6.44. The van der Waals surface area contributed by atoms with Gasteiger partial charge in [0.05, 0.1) is 5.54 Å². The molecule has 4 nitrogen and oxygen atoms in total. The second-order valence-corrected chi connectivity index (χ2v) is 6.44. The molecular formula is C16H25N2O2+. The maximum Gasteiger partial charge on any atom is 0.137 e. The molecule has 2 aromatic rings. The highest BCUT2D eigenvalue weighted by Crippen LogP contribution is 2.26. The average Bonchev–Trinajstić information content (AvgIpc) is 2.73. The van der Waals surface area contributed by atoms with Crippen molar-refractivity contribution >= 4 is 10.9 Å². The molecule has 4 N–H and O–H groups in total. The summed E-state index contributed by atoms with van der Waals surface area (Å²) >= 11 is 0. The van der Waals surface area contributed by atoms with Crippen LogP contribution in [0, 0.1) is 6.92 Å². The molecule has 0 saturated heterocycles. The Morgan fingerprint density at radius 2 is 2.10 bits per heavy atom. The number of hydrogen-bond donors (Lipinski definition) is 3. The van der Waals surface area contributed by atoms with Gasteiger partial charge in [0, 0.05) is 16.6 Å². The molecule has 2 rings (SSSR count). The van der Waals surface area contributed by atoms with Crippen LogP contribution >= 0.6 is 0 Å². The van der Waals surface area contributed by atoms with Gasteiger partial charge in [0.1, 0.15) is 25.0 Å². The van der Waals surface area contributed by atoms with Crippen LogP contribution < -0.4 is 10.1 Å². The number of benzene rings is 1. The van der Waals surface area contributed by atoms with E-state index in [0.29, 0.717) is 13.2 Å². The van der Waals surface area contributed by atoms with E-state index in [2.05, 4.69) is 37.1 Å². The van der Waals surface area contributed by atoms with E-state index >= 15 is 0 Å². The zero-order valence-corrected chi connectivity index (χ0v) is 12.7. The van der Waals surface area contributed by atoms with Crippen molar-refractivity contribution < 1.29 is 15.2 Å². The normalized spacial score (nSPS) is 13.7. The van der Waals surface area contributed by atoms with Crippen molar-refractivity contribution in [3.05, 3.63) is 30.0 Å². The fraction of sp³-hybridized carbons (Fsp3) is 0.500. The molecule has 1 aromatic carbocycles. The summed E-state index contributed by atoms with van der Waals surface area (Å²) in [5, 5.41) is 13.2. The Hall–Kier alpha value is -1.52. The van der Waals surface area contributed by atoms with Crippen molar-refractivity contribution in [2.24, 2.45) is 0 Å². The molecule has 0 fully saturated rings. The Bertz CT molecular complexity index is 569. The molecule has 0 radical (unpaired) electrons. The number of aryl methyl sites for hydroxylation is 1. The Morgan fingerprint density at radius 3 is 2.80 bits per heavy atom. The van der Waals surface area contributed by atoms with E-state index in [0.717, 1.165) is 22.3 Å². The lowest BCUT2D eigenvalue weighted by Crippen LogP contribution is -2.96. The molecule has 1 atom stereocenters. The summed E-state index contributed by atoms with van der Waals surface area (Å²) in [6.45, 7) is 9.37. The number of hydrogen-bond acceptors (Lipinski definition) is 2. The first-order valence-corrected chi connectivity index (χ1v) is 7.09. The van der Waals surface area contributed by atoms with Crippen molar-refractivity contribution in [1.82, 2.24) is 4.98 Å². The first-order valence-electron chi connectivity index (χ1n) is 7.09. The molecule has 1 heterocycles. The molecule has 4 heteroatoms. The number of aliphatic hydroxyl groups excluding tert-OH is 1. The van der Waals surface area contributed by atoms with Gasteiger partial charge >= 0.3 is 0 Å². The zero-order chi connectivity index (χ0) is 14.8. The summed E-state index contributed by atoms with van der Waals surface area (Å²) in [5.74, 6) is 0.821. The first-order chi connectivity index (χ1) is 9.35. The van der Waals surface area contributed by atoms with Crippen LogP contribution in [0.2, 0.25) is 0 Å². The third-order valence-corrected chi connectivity index (χ3v) is 3.19. The topological polar surface area (TPSA) is 61.9 Å². The lowest BCUT2D eigenvalue weighted by Gasteiger charge is -2.19. The lowest BCUT2D eigenvalue weighted by molar-refractivity contribution is -0.722. The third kappa shape index (κ3) is 3.99. The minimum atomic E-state index is -0.468. The number of ether oxygens (including phenoxy) is 1. The molecule has 1 aromatic heterocycles. The van der Waals surface area contributed by atoms with Gasteiger partial charge in [-0.15, -0.1) is 0 Å². The molecule has 0 aliphatic rings. The maximum atomic E-state index is 9.99. The molecule has 20 heavy (non-hydrogen) atoms. The van der Waals surface area contributed by atoms with E-state index in [1.807, 2.05) is 25.1 Å². The SMILES string of the molecule is Cc1cc2c(OC[C@@H](O)C[NH2+]C(C)(C)C)cccc2[nH]1. The Kier molecular flexibility index (Phi) is 4.35. The maximum absolute atomic E-state index is 9.99. The van der Waals surface area contributed by atoms with Crippen LogP contribution in [-0.4, -0.2) is 34.9 Å². The van der Waals surface area contributed by atoms with E-state index in [1.165, 1.54) is 0 Å². The van der Waals surface area contributed by atoms with Gasteiger partial charge in [-0.1, -0.05) is 6.07 Å². The van der Waals surface area contributed by atoms with E-state index in [4.69, 9.17) is 4.74 Å². The number of nitrogens with two attached hydrogens (primary N) is 1. The van der Waals surface area contributed by atoms with Crippen LogP contribution in [0.3, 0.4) is 0 Å². The minimum Gasteiger partial charge on any atom is -0.490 e. The van der Waals surface area contributed by atoms with Gasteiger partial charge in [-0.25, -0.2) is 0 Å². The summed E-state index contributed by atoms with van der Waals surface area (Å²) < 4.78 is 5.77. The van der Waals surface area contributed by atoms with Crippen molar-refractivity contribution in [3.63, 3.8) is 0 Å². The van der Waals surface area contributed by atoms with Crippen LogP contribution in [0.5, 0.6) is 5.75 Å². The number of aromatic nitrogens is 1. The van der Waals surface area contributed by atoms with Crippen LogP contribution in [0.4, 0.5) is 0 Å².